The second-order valence-electron chi connectivity index (χ2n) is 7.90. The molecule has 0 radical (unpaired) electrons. The molecule has 1 aromatic heterocycles. The van der Waals surface area contributed by atoms with Crippen molar-refractivity contribution in [3.8, 4) is 5.75 Å². The van der Waals surface area contributed by atoms with Crippen molar-refractivity contribution >= 4 is 5.91 Å². The summed E-state index contributed by atoms with van der Waals surface area (Å²) >= 11 is 0. The third-order valence-electron chi connectivity index (χ3n) is 5.77. The molecule has 6 heteroatoms. The predicted octanol–water partition coefficient (Wildman–Crippen LogP) is 2.42. The number of rotatable bonds is 4. The number of nitrogens with zero attached hydrogens (tertiary/aromatic N) is 4. The molecule has 148 valence electrons. The number of carbonyl (C=O) groups is 1. The van der Waals surface area contributed by atoms with Gasteiger partial charge in [0.25, 0.3) is 0 Å². The predicted molar refractivity (Wildman–Crippen MR) is 107 cm³/mol. The maximum atomic E-state index is 12.9. The molecule has 1 saturated heterocycles. The summed E-state index contributed by atoms with van der Waals surface area (Å²) in [4.78, 5) is 26.7. The largest absolute Gasteiger partial charge is 0.497 e. The van der Waals surface area contributed by atoms with Crippen LogP contribution in [0.3, 0.4) is 0 Å². The fourth-order valence-electron chi connectivity index (χ4n) is 4.15. The van der Waals surface area contributed by atoms with Gasteiger partial charge in [0.05, 0.1) is 13.5 Å². The van der Waals surface area contributed by atoms with E-state index in [1.807, 2.05) is 35.4 Å². The number of amides is 1. The zero-order chi connectivity index (χ0) is 19.5. The highest BCUT2D eigenvalue weighted by Crippen LogP contribution is 2.27. The zero-order valence-corrected chi connectivity index (χ0v) is 16.7. The molecule has 2 aliphatic rings. The molecule has 0 N–H and O–H groups in total. The third-order valence-corrected chi connectivity index (χ3v) is 5.77. The van der Waals surface area contributed by atoms with Crippen molar-refractivity contribution in [2.75, 3.05) is 33.8 Å². The quantitative estimate of drug-likeness (QED) is 0.815. The van der Waals surface area contributed by atoms with Gasteiger partial charge in [-0.3, -0.25) is 4.79 Å². The van der Waals surface area contributed by atoms with Crippen LogP contribution in [0.1, 0.15) is 41.4 Å². The highest BCUT2D eigenvalue weighted by Gasteiger charge is 2.27. The van der Waals surface area contributed by atoms with Crippen LogP contribution in [0.25, 0.3) is 0 Å². The van der Waals surface area contributed by atoms with Gasteiger partial charge < -0.3 is 14.5 Å². The van der Waals surface area contributed by atoms with Crippen LogP contribution in [-0.2, 0) is 24.2 Å². The molecule has 1 unspecified atom stereocenters. The molecule has 28 heavy (non-hydrogen) atoms. The average molecular weight is 380 g/mol. The number of methoxy groups -OCH3 is 1. The molecule has 2 aliphatic heterocycles. The molecule has 1 atom stereocenters. The first-order valence-corrected chi connectivity index (χ1v) is 10.1. The number of piperidine rings is 1. The van der Waals surface area contributed by atoms with E-state index in [4.69, 9.17) is 9.72 Å². The number of carbonyl (C=O) groups excluding carboxylic acids is 1. The monoisotopic (exact) mass is 380 g/mol. The Balaban J connectivity index is 1.43. The molecule has 0 saturated carbocycles. The summed E-state index contributed by atoms with van der Waals surface area (Å²) in [7, 11) is 3.77. The van der Waals surface area contributed by atoms with Crippen molar-refractivity contribution < 1.29 is 9.53 Å². The molecular formula is C22H28N4O2. The van der Waals surface area contributed by atoms with Gasteiger partial charge in [-0.05, 0) is 37.6 Å². The van der Waals surface area contributed by atoms with Gasteiger partial charge in [0.2, 0.25) is 5.91 Å². The smallest absolute Gasteiger partial charge is 0.227 e. The molecular weight excluding hydrogens is 352 g/mol. The first kappa shape index (κ1) is 18.9. The molecule has 6 nitrogen and oxygen atoms in total. The Labute approximate surface area is 166 Å². The average Bonchev–Trinajstić information content (AvgIpc) is 2.73. The van der Waals surface area contributed by atoms with Crippen LogP contribution < -0.4 is 4.74 Å². The number of likely N-dealkylation sites (N-methyl/N-ethyl adjacent to an activating group) is 1. The Morgan fingerprint density at radius 1 is 1.32 bits per heavy atom. The van der Waals surface area contributed by atoms with Crippen molar-refractivity contribution in [3.05, 3.63) is 53.1 Å². The first-order valence-electron chi connectivity index (χ1n) is 10.1. The molecule has 1 amide bonds. The van der Waals surface area contributed by atoms with E-state index in [-0.39, 0.29) is 11.8 Å². The van der Waals surface area contributed by atoms with E-state index in [0.29, 0.717) is 13.0 Å². The van der Waals surface area contributed by atoms with Crippen LogP contribution in [0.5, 0.6) is 5.75 Å². The van der Waals surface area contributed by atoms with E-state index in [0.717, 1.165) is 56.0 Å². The maximum absolute atomic E-state index is 12.9. The SMILES string of the molecule is COc1cccc(CC(=O)N2CCCC(c3ncc4c(n3)CCN(C)C4)C2)c1. The molecule has 0 aliphatic carbocycles. The molecule has 0 spiro atoms. The second-order valence-corrected chi connectivity index (χ2v) is 7.90. The fourth-order valence-corrected chi connectivity index (χ4v) is 4.15. The number of aromatic nitrogens is 2. The van der Waals surface area contributed by atoms with E-state index in [2.05, 4.69) is 16.9 Å². The van der Waals surface area contributed by atoms with Gasteiger partial charge >= 0.3 is 0 Å². The summed E-state index contributed by atoms with van der Waals surface area (Å²) in [5, 5.41) is 0. The van der Waals surface area contributed by atoms with Crippen molar-refractivity contribution in [2.24, 2.45) is 0 Å². The first-order chi connectivity index (χ1) is 13.6. The minimum absolute atomic E-state index is 0.164. The molecule has 0 bridgehead atoms. The van der Waals surface area contributed by atoms with Crippen molar-refractivity contribution in [1.29, 1.82) is 0 Å². The summed E-state index contributed by atoms with van der Waals surface area (Å²) in [6, 6.07) is 7.74. The van der Waals surface area contributed by atoms with E-state index < -0.39 is 0 Å². The van der Waals surface area contributed by atoms with E-state index in [1.165, 1.54) is 11.3 Å². The van der Waals surface area contributed by atoms with Crippen molar-refractivity contribution in [1.82, 2.24) is 19.8 Å². The topological polar surface area (TPSA) is 58.6 Å². The molecule has 3 heterocycles. The van der Waals surface area contributed by atoms with Gasteiger partial charge in [0, 0.05) is 56.0 Å². The van der Waals surface area contributed by atoms with Crippen LogP contribution in [0, 0.1) is 0 Å². The lowest BCUT2D eigenvalue weighted by Gasteiger charge is -2.33. The van der Waals surface area contributed by atoms with E-state index in [1.54, 1.807) is 7.11 Å². The maximum Gasteiger partial charge on any atom is 0.227 e. The highest BCUT2D eigenvalue weighted by molar-refractivity contribution is 5.79. The van der Waals surface area contributed by atoms with Gasteiger partial charge in [-0.2, -0.15) is 0 Å². The van der Waals surface area contributed by atoms with Crippen molar-refractivity contribution in [2.45, 2.75) is 38.1 Å². The standard InChI is InChI=1S/C22H28N4O2/c1-25-10-8-20-18(14-25)13-23-22(24-20)17-6-4-9-26(15-17)21(27)12-16-5-3-7-19(11-16)28-2/h3,5,7,11,13,17H,4,6,8-10,12,14-15H2,1-2H3. The molecule has 1 aromatic carbocycles. The molecule has 4 rings (SSSR count). The summed E-state index contributed by atoms with van der Waals surface area (Å²) in [6.07, 6.45) is 5.41. The van der Waals surface area contributed by atoms with Crippen molar-refractivity contribution in [3.63, 3.8) is 0 Å². The summed E-state index contributed by atoms with van der Waals surface area (Å²) in [6.45, 7) is 3.49. The Kier molecular flexibility index (Phi) is 5.57. The lowest BCUT2D eigenvalue weighted by Crippen LogP contribution is -2.40. The fraction of sp³-hybridized carbons (Fsp3) is 0.500. The van der Waals surface area contributed by atoms with Gasteiger partial charge in [0.1, 0.15) is 11.6 Å². The third kappa shape index (κ3) is 4.17. The number of fused-ring (bicyclic) bond motifs is 1. The van der Waals surface area contributed by atoms with Crippen LogP contribution >= 0.6 is 0 Å². The van der Waals surface area contributed by atoms with Gasteiger partial charge in [-0.15, -0.1) is 0 Å². The lowest BCUT2D eigenvalue weighted by molar-refractivity contribution is -0.131. The lowest BCUT2D eigenvalue weighted by atomic mass is 9.96. The number of hydrogen-bond acceptors (Lipinski definition) is 5. The van der Waals surface area contributed by atoms with E-state index >= 15 is 0 Å². The van der Waals surface area contributed by atoms with Crippen LogP contribution in [0.4, 0.5) is 0 Å². The number of likely N-dealkylation sites (tertiary alicyclic amines) is 1. The number of ether oxygens (including phenoxy) is 1. The molecule has 2 aromatic rings. The normalized spacial score (nSPS) is 19.9. The van der Waals surface area contributed by atoms with Gasteiger partial charge in [-0.25, -0.2) is 9.97 Å². The number of benzene rings is 1. The minimum Gasteiger partial charge on any atom is -0.497 e. The second kappa shape index (κ2) is 8.27. The van der Waals surface area contributed by atoms with Crippen LogP contribution in [0.2, 0.25) is 0 Å². The summed E-state index contributed by atoms with van der Waals surface area (Å²) < 4.78 is 5.26. The summed E-state index contributed by atoms with van der Waals surface area (Å²) in [5.41, 5.74) is 3.41. The minimum atomic E-state index is 0.164. The number of hydrogen-bond donors (Lipinski definition) is 0. The van der Waals surface area contributed by atoms with Gasteiger partial charge in [-0.1, -0.05) is 12.1 Å². The Hall–Kier alpha value is -2.47. The Morgan fingerprint density at radius 2 is 2.21 bits per heavy atom. The highest BCUT2D eigenvalue weighted by atomic mass is 16.5. The Morgan fingerprint density at radius 3 is 3.07 bits per heavy atom. The molecule has 1 fully saturated rings. The van der Waals surface area contributed by atoms with Crippen LogP contribution in [-0.4, -0.2) is 59.5 Å². The van der Waals surface area contributed by atoms with Gasteiger partial charge in [0.15, 0.2) is 0 Å². The van der Waals surface area contributed by atoms with E-state index in [9.17, 15) is 4.79 Å². The van der Waals surface area contributed by atoms with Crippen LogP contribution in [0.15, 0.2) is 30.5 Å². The summed E-state index contributed by atoms with van der Waals surface area (Å²) in [5.74, 6) is 2.09. The Bertz CT molecular complexity index is 854. The zero-order valence-electron chi connectivity index (χ0n) is 16.7.